The third-order valence-electron chi connectivity index (χ3n) is 3.07. The number of anilines is 1. The van der Waals surface area contributed by atoms with Gasteiger partial charge in [0.25, 0.3) is 0 Å². The molecule has 17 heavy (non-hydrogen) atoms. The third kappa shape index (κ3) is 3.19. The van der Waals surface area contributed by atoms with Crippen LogP contribution in [0.25, 0.3) is 0 Å². The lowest BCUT2D eigenvalue weighted by Gasteiger charge is -2.30. The van der Waals surface area contributed by atoms with Gasteiger partial charge in [0, 0.05) is 18.8 Å². The minimum absolute atomic E-state index is 0.0327. The van der Waals surface area contributed by atoms with Crippen molar-refractivity contribution in [1.82, 2.24) is 9.88 Å². The van der Waals surface area contributed by atoms with E-state index >= 15 is 0 Å². The smallest absolute Gasteiger partial charge is 0.323 e. The molecule has 1 aliphatic rings. The third-order valence-corrected chi connectivity index (χ3v) is 3.07. The Bertz CT molecular complexity index is 405. The van der Waals surface area contributed by atoms with E-state index in [1.54, 1.807) is 0 Å². The van der Waals surface area contributed by atoms with Crippen LogP contribution in [-0.2, 0) is 0 Å². The standard InChI is InChI=1S/C13H19N3O/c1-10-5-4-8-16(9-10)13(17)15-12-7-3-6-11(2)14-12/h3,6-7,10H,4-5,8-9H2,1-2H3,(H,14,15,17). The highest BCUT2D eigenvalue weighted by Gasteiger charge is 2.20. The first-order chi connectivity index (χ1) is 8.15. The number of carbonyl (C=O) groups is 1. The van der Waals surface area contributed by atoms with Gasteiger partial charge >= 0.3 is 6.03 Å². The van der Waals surface area contributed by atoms with Crippen molar-refractivity contribution in [2.24, 2.45) is 5.92 Å². The molecule has 4 heteroatoms. The number of hydrogen-bond acceptors (Lipinski definition) is 2. The number of rotatable bonds is 1. The molecule has 0 bridgehead atoms. The molecular formula is C13H19N3O. The van der Waals surface area contributed by atoms with Gasteiger partial charge in [-0.15, -0.1) is 0 Å². The van der Waals surface area contributed by atoms with Crippen LogP contribution >= 0.6 is 0 Å². The Labute approximate surface area is 102 Å². The average Bonchev–Trinajstić information content (AvgIpc) is 2.29. The van der Waals surface area contributed by atoms with Gasteiger partial charge in [-0.05, 0) is 37.8 Å². The Morgan fingerprint density at radius 1 is 1.53 bits per heavy atom. The number of piperidine rings is 1. The van der Waals surface area contributed by atoms with Crippen LogP contribution in [0.2, 0.25) is 0 Å². The van der Waals surface area contributed by atoms with Crippen molar-refractivity contribution in [3.05, 3.63) is 23.9 Å². The number of aryl methyl sites for hydroxylation is 1. The molecule has 0 spiro atoms. The summed E-state index contributed by atoms with van der Waals surface area (Å²) < 4.78 is 0. The predicted molar refractivity (Wildman–Crippen MR) is 68.0 cm³/mol. The van der Waals surface area contributed by atoms with E-state index in [9.17, 15) is 4.79 Å². The molecule has 92 valence electrons. The molecule has 1 N–H and O–H groups in total. The predicted octanol–water partition coefficient (Wildman–Crippen LogP) is 2.65. The van der Waals surface area contributed by atoms with Crippen molar-refractivity contribution in [3.8, 4) is 0 Å². The first kappa shape index (κ1) is 11.9. The maximum Gasteiger partial charge on any atom is 0.323 e. The monoisotopic (exact) mass is 233 g/mol. The number of pyridine rings is 1. The normalized spacial score (nSPS) is 20.1. The van der Waals surface area contributed by atoms with E-state index in [1.165, 1.54) is 6.42 Å². The van der Waals surface area contributed by atoms with Crippen molar-refractivity contribution in [2.45, 2.75) is 26.7 Å². The van der Waals surface area contributed by atoms with E-state index in [0.29, 0.717) is 11.7 Å². The molecule has 0 radical (unpaired) electrons. The number of urea groups is 1. The van der Waals surface area contributed by atoms with Gasteiger partial charge in [-0.2, -0.15) is 0 Å². The Kier molecular flexibility index (Phi) is 3.61. The van der Waals surface area contributed by atoms with Gasteiger partial charge < -0.3 is 4.90 Å². The fourth-order valence-corrected chi connectivity index (χ4v) is 2.18. The molecule has 0 aromatic carbocycles. The molecule has 1 aromatic heterocycles. The van der Waals surface area contributed by atoms with Crippen LogP contribution in [0, 0.1) is 12.8 Å². The first-order valence-corrected chi connectivity index (χ1v) is 6.15. The number of amides is 2. The van der Waals surface area contributed by atoms with E-state index in [4.69, 9.17) is 0 Å². The maximum absolute atomic E-state index is 12.0. The van der Waals surface area contributed by atoms with Gasteiger partial charge in [-0.3, -0.25) is 5.32 Å². The van der Waals surface area contributed by atoms with Crippen LogP contribution in [0.3, 0.4) is 0 Å². The van der Waals surface area contributed by atoms with Crippen LogP contribution in [-0.4, -0.2) is 29.0 Å². The highest BCUT2D eigenvalue weighted by molar-refractivity contribution is 5.88. The molecule has 1 unspecified atom stereocenters. The lowest BCUT2D eigenvalue weighted by molar-refractivity contribution is 0.182. The summed E-state index contributed by atoms with van der Waals surface area (Å²) in [6, 6.07) is 5.60. The Balaban J connectivity index is 1.96. The average molecular weight is 233 g/mol. The quantitative estimate of drug-likeness (QED) is 0.810. The van der Waals surface area contributed by atoms with E-state index in [0.717, 1.165) is 25.2 Å². The zero-order chi connectivity index (χ0) is 12.3. The number of hydrogen-bond donors (Lipinski definition) is 1. The van der Waals surface area contributed by atoms with Gasteiger partial charge in [0.05, 0.1) is 0 Å². The zero-order valence-electron chi connectivity index (χ0n) is 10.4. The summed E-state index contributed by atoms with van der Waals surface area (Å²) in [5.41, 5.74) is 0.912. The number of likely N-dealkylation sites (tertiary alicyclic amines) is 1. The summed E-state index contributed by atoms with van der Waals surface area (Å²) in [5, 5.41) is 2.85. The SMILES string of the molecule is Cc1cccc(NC(=O)N2CCCC(C)C2)n1. The summed E-state index contributed by atoms with van der Waals surface area (Å²) in [4.78, 5) is 18.1. The second-order valence-electron chi connectivity index (χ2n) is 4.79. The number of aromatic nitrogens is 1. The number of nitrogens with zero attached hydrogens (tertiary/aromatic N) is 2. The molecule has 1 saturated heterocycles. The Morgan fingerprint density at radius 2 is 2.35 bits per heavy atom. The first-order valence-electron chi connectivity index (χ1n) is 6.15. The summed E-state index contributed by atoms with van der Waals surface area (Å²) in [6.45, 7) is 5.79. The molecule has 2 amide bonds. The molecule has 1 fully saturated rings. The van der Waals surface area contributed by atoms with Crippen molar-refractivity contribution in [3.63, 3.8) is 0 Å². The van der Waals surface area contributed by atoms with E-state index in [2.05, 4.69) is 17.2 Å². The zero-order valence-corrected chi connectivity index (χ0v) is 10.4. The Morgan fingerprint density at radius 3 is 3.06 bits per heavy atom. The number of carbonyl (C=O) groups excluding carboxylic acids is 1. The fraction of sp³-hybridized carbons (Fsp3) is 0.538. The van der Waals surface area contributed by atoms with E-state index in [-0.39, 0.29) is 6.03 Å². The van der Waals surface area contributed by atoms with Crippen LogP contribution in [0.15, 0.2) is 18.2 Å². The second kappa shape index (κ2) is 5.17. The lowest BCUT2D eigenvalue weighted by Crippen LogP contribution is -2.41. The second-order valence-corrected chi connectivity index (χ2v) is 4.79. The summed E-state index contributed by atoms with van der Waals surface area (Å²) in [5.74, 6) is 1.23. The van der Waals surface area contributed by atoms with Gasteiger partial charge in [0.15, 0.2) is 0 Å². The summed E-state index contributed by atoms with van der Waals surface area (Å²) in [6.07, 6.45) is 2.31. The highest BCUT2D eigenvalue weighted by Crippen LogP contribution is 2.16. The van der Waals surface area contributed by atoms with Crippen LogP contribution in [0.4, 0.5) is 10.6 Å². The van der Waals surface area contributed by atoms with Gasteiger partial charge in [0.1, 0.15) is 5.82 Å². The van der Waals surface area contributed by atoms with Gasteiger partial charge in [-0.1, -0.05) is 13.0 Å². The van der Waals surface area contributed by atoms with E-state index < -0.39 is 0 Å². The topological polar surface area (TPSA) is 45.2 Å². The maximum atomic E-state index is 12.0. The fourth-order valence-electron chi connectivity index (χ4n) is 2.18. The van der Waals surface area contributed by atoms with E-state index in [1.807, 2.05) is 30.0 Å². The van der Waals surface area contributed by atoms with Crippen molar-refractivity contribution >= 4 is 11.8 Å². The van der Waals surface area contributed by atoms with Crippen LogP contribution in [0.5, 0.6) is 0 Å². The molecule has 2 heterocycles. The summed E-state index contributed by atoms with van der Waals surface area (Å²) in [7, 11) is 0. The highest BCUT2D eigenvalue weighted by atomic mass is 16.2. The molecule has 0 aliphatic carbocycles. The molecule has 2 rings (SSSR count). The molecule has 1 aliphatic heterocycles. The lowest BCUT2D eigenvalue weighted by atomic mass is 10.0. The summed E-state index contributed by atoms with van der Waals surface area (Å²) >= 11 is 0. The van der Waals surface area contributed by atoms with Crippen molar-refractivity contribution < 1.29 is 4.79 Å². The van der Waals surface area contributed by atoms with Crippen LogP contribution < -0.4 is 5.32 Å². The molecular weight excluding hydrogens is 214 g/mol. The molecule has 1 aromatic rings. The number of nitrogens with one attached hydrogen (secondary N) is 1. The molecule has 1 atom stereocenters. The molecule has 0 saturated carbocycles. The van der Waals surface area contributed by atoms with Gasteiger partial charge in [0.2, 0.25) is 0 Å². The van der Waals surface area contributed by atoms with Crippen LogP contribution in [0.1, 0.15) is 25.5 Å². The van der Waals surface area contributed by atoms with Crippen molar-refractivity contribution in [1.29, 1.82) is 0 Å². The minimum Gasteiger partial charge on any atom is -0.324 e. The molecule has 4 nitrogen and oxygen atoms in total. The Hall–Kier alpha value is -1.58. The largest absolute Gasteiger partial charge is 0.324 e. The minimum atomic E-state index is -0.0327. The van der Waals surface area contributed by atoms with Gasteiger partial charge in [-0.25, -0.2) is 9.78 Å². The van der Waals surface area contributed by atoms with Crippen molar-refractivity contribution in [2.75, 3.05) is 18.4 Å².